The molecule has 19 heavy (non-hydrogen) atoms. The molecule has 0 aliphatic heterocycles. The van der Waals surface area contributed by atoms with Crippen molar-refractivity contribution < 1.29 is 0 Å². The summed E-state index contributed by atoms with van der Waals surface area (Å²) >= 11 is 1.58. The lowest BCUT2D eigenvalue weighted by molar-refractivity contribution is 0.449. The third kappa shape index (κ3) is 6.00. The van der Waals surface area contributed by atoms with E-state index < -0.39 is 0 Å². The number of nitrogens with one attached hydrogen (secondary N) is 1. The lowest BCUT2D eigenvalue weighted by atomic mass is 10.0. The molecule has 1 rings (SSSR count). The molecule has 0 amide bonds. The van der Waals surface area contributed by atoms with Crippen LogP contribution in [0.1, 0.15) is 76.4 Å². The summed E-state index contributed by atoms with van der Waals surface area (Å²) < 4.78 is 4.16. The quantitative estimate of drug-likeness (QED) is 0.693. The van der Waals surface area contributed by atoms with Gasteiger partial charge < -0.3 is 5.32 Å². The minimum absolute atomic E-state index is 0.459. The van der Waals surface area contributed by atoms with Crippen molar-refractivity contribution in [3.63, 3.8) is 0 Å². The predicted molar refractivity (Wildman–Crippen MR) is 83.6 cm³/mol. The van der Waals surface area contributed by atoms with Crippen molar-refractivity contribution in [3.05, 3.63) is 10.6 Å². The van der Waals surface area contributed by atoms with Crippen molar-refractivity contribution >= 4 is 11.5 Å². The van der Waals surface area contributed by atoms with E-state index in [1.54, 1.807) is 11.5 Å². The molecule has 0 spiro atoms. The Morgan fingerprint density at radius 3 is 2.58 bits per heavy atom. The minimum atomic E-state index is 0.459. The van der Waals surface area contributed by atoms with E-state index in [4.69, 9.17) is 0 Å². The summed E-state index contributed by atoms with van der Waals surface area (Å²) in [4.78, 5) is 1.37. The summed E-state index contributed by atoms with van der Waals surface area (Å²) in [7, 11) is 0. The zero-order valence-electron chi connectivity index (χ0n) is 12.9. The molecule has 1 aromatic heterocycles. The van der Waals surface area contributed by atoms with Gasteiger partial charge in [-0.2, -0.15) is 0 Å². The van der Waals surface area contributed by atoms with Crippen LogP contribution in [-0.4, -0.2) is 16.1 Å². The zero-order chi connectivity index (χ0) is 14.1. The molecule has 3 nitrogen and oxygen atoms in total. The van der Waals surface area contributed by atoms with E-state index >= 15 is 0 Å². The van der Waals surface area contributed by atoms with Crippen molar-refractivity contribution in [1.82, 2.24) is 14.9 Å². The van der Waals surface area contributed by atoms with Gasteiger partial charge in [0.05, 0.1) is 10.6 Å². The summed E-state index contributed by atoms with van der Waals surface area (Å²) in [6.45, 7) is 10.1. The van der Waals surface area contributed by atoms with E-state index in [1.807, 2.05) is 0 Å². The Bertz CT molecular complexity index is 336. The molecular weight excluding hydrogens is 254 g/mol. The van der Waals surface area contributed by atoms with Crippen LogP contribution in [0.2, 0.25) is 0 Å². The van der Waals surface area contributed by atoms with Gasteiger partial charge in [0.15, 0.2) is 0 Å². The van der Waals surface area contributed by atoms with Crippen LogP contribution in [0.25, 0.3) is 0 Å². The van der Waals surface area contributed by atoms with Crippen LogP contribution in [0.3, 0.4) is 0 Å². The highest BCUT2D eigenvalue weighted by atomic mass is 32.1. The van der Waals surface area contributed by atoms with Gasteiger partial charge in [0.1, 0.15) is 0 Å². The van der Waals surface area contributed by atoms with Crippen molar-refractivity contribution in [2.45, 2.75) is 72.3 Å². The Morgan fingerprint density at radius 2 is 1.95 bits per heavy atom. The number of nitrogens with zero attached hydrogens (tertiary/aromatic N) is 2. The predicted octanol–water partition coefficient (Wildman–Crippen LogP) is 4.36. The second-order valence-electron chi connectivity index (χ2n) is 5.67. The Kier molecular flexibility index (Phi) is 8.22. The molecule has 1 aromatic rings. The first-order chi connectivity index (χ1) is 9.19. The first-order valence-electron chi connectivity index (χ1n) is 7.73. The second kappa shape index (κ2) is 9.43. The van der Waals surface area contributed by atoms with Gasteiger partial charge in [0.2, 0.25) is 0 Å². The molecule has 0 fully saturated rings. The molecule has 1 heterocycles. The van der Waals surface area contributed by atoms with E-state index in [1.165, 1.54) is 36.3 Å². The highest BCUT2D eigenvalue weighted by Gasteiger charge is 2.18. The first-order valence-corrected chi connectivity index (χ1v) is 8.50. The molecule has 0 saturated heterocycles. The topological polar surface area (TPSA) is 37.8 Å². The summed E-state index contributed by atoms with van der Waals surface area (Å²) in [6, 6.07) is 0.459. The maximum Gasteiger partial charge on any atom is 0.0803 e. The van der Waals surface area contributed by atoms with E-state index in [0.717, 1.165) is 25.3 Å². The van der Waals surface area contributed by atoms with Gasteiger partial charge in [-0.1, -0.05) is 51.4 Å². The number of hydrogen-bond acceptors (Lipinski definition) is 4. The molecule has 0 radical (unpaired) electrons. The number of rotatable bonds is 10. The third-order valence-corrected chi connectivity index (χ3v) is 4.18. The van der Waals surface area contributed by atoms with Crippen LogP contribution in [0.4, 0.5) is 0 Å². The van der Waals surface area contributed by atoms with Crippen LogP contribution in [-0.2, 0) is 6.42 Å². The monoisotopic (exact) mass is 283 g/mol. The second-order valence-corrected chi connectivity index (χ2v) is 6.45. The molecule has 0 saturated carbocycles. The maximum absolute atomic E-state index is 4.31. The average Bonchev–Trinajstić information content (AvgIpc) is 2.82. The van der Waals surface area contributed by atoms with Crippen LogP contribution < -0.4 is 5.32 Å². The maximum atomic E-state index is 4.31. The van der Waals surface area contributed by atoms with Gasteiger partial charge in [-0.3, -0.25) is 0 Å². The van der Waals surface area contributed by atoms with E-state index in [2.05, 4.69) is 42.6 Å². The standard InChI is InChI=1S/C15H29N3S/c1-5-8-14-15(19-18-17-14)13(16-11-6-2)10-7-9-12(3)4/h12-13,16H,5-11H2,1-4H3. The fraction of sp³-hybridized carbons (Fsp3) is 0.867. The summed E-state index contributed by atoms with van der Waals surface area (Å²) in [5, 5.41) is 7.98. The van der Waals surface area contributed by atoms with Gasteiger partial charge in [0, 0.05) is 6.04 Å². The fourth-order valence-electron chi connectivity index (χ4n) is 2.27. The van der Waals surface area contributed by atoms with E-state index in [-0.39, 0.29) is 0 Å². The third-order valence-electron chi connectivity index (χ3n) is 3.30. The first kappa shape index (κ1) is 16.6. The lowest BCUT2D eigenvalue weighted by Crippen LogP contribution is -2.22. The number of aromatic nitrogens is 2. The van der Waals surface area contributed by atoms with Gasteiger partial charge >= 0.3 is 0 Å². The van der Waals surface area contributed by atoms with Crippen LogP contribution in [0.15, 0.2) is 0 Å². The molecule has 4 heteroatoms. The Hall–Kier alpha value is -0.480. The van der Waals surface area contributed by atoms with Crippen LogP contribution in [0, 0.1) is 5.92 Å². The van der Waals surface area contributed by atoms with Gasteiger partial charge in [0.25, 0.3) is 0 Å². The van der Waals surface area contributed by atoms with Crippen LogP contribution in [0.5, 0.6) is 0 Å². The Labute approximate surface area is 122 Å². The lowest BCUT2D eigenvalue weighted by Gasteiger charge is -2.18. The van der Waals surface area contributed by atoms with E-state index in [9.17, 15) is 0 Å². The summed E-state index contributed by atoms with van der Waals surface area (Å²) in [5.74, 6) is 0.793. The van der Waals surface area contributed by atoms with Crippen molar-refractivity contribution in [1.29, 1.82) is 0 Å². The van der Waals surface area contributed by atoms with Gasteiger partial charge in [-0.05, 0) is 43.3 Å². The SMILES string of the molecule is CCCNC(CCCC(C)C)c1snnc1CCC. The summed E-state index contributed by atoms with van der Waals surface area (Å²) in [5.41, 5.74) is 1.21. The molecular formula is C15H29N3S. The molecule has 1 unspecified atom stereocenters. The molecule has 0 aromatic carbocycles. The van der Waals surface area contributed by atoms with Gasteiger partial charge in [-0.15, -0.1) is 5.10 Å². The highest BCUT2D eigenvalue weighted by molar-refractivity contribution is 7.05. The van der Waals surface area contributed by atoms with Crippen molar-refractivity contribution in [2.75, 3.05) is 6.54 Å². The minimum Gasteiger partial charge on any atom is -0.309 e. The molecule has 1 N–H and O–H groups in total. The van der Waals surface area contributed by atoms with Gasteiger partial charge in [-0.25, -0.2) is 0 Å². The Morgan fingerprint density at radius 1 is 1.16 bits per heavy atom. The average molecular weight is 283 g/mol. The van der Waals surface area contributed by atoms with Crippen molar-refractivity contribution in [2.24, 2.45) is 5.92 Å². The molecule has 1 atom stereocenters. The molecule has 0 aliphatic carbocycles. The molecule has 0 bridgehead atoms. The summed E-state index contributed by atoms with van der Waals surface area (Å²) in [6.07, 6.45) is 7.17. The molecule has 110 valence electrons. The van der Waals surface area contributed by atoms with Crippen LogP contribution >= 0.6 is 11.5 Å². The van der Waals surface area contributed by atoms with E-state index in [0.29, 0.717) is 6.04 Å². The highest BCUT2D eigenvalue weighted by Crippen LogP contribution is 2.26. The fourth-order valence-corrected chi connectivity index (χ4v) is 3.07. The van der Waals surface area contributed by atoms with Crippen molar-refractivity contribution in [3.8, 4) is 0 Å². The largest absolute Gasteiger partial charge is 0.309 e. The zero-order valence-corrected chi connectivity index (χ0v) is 13.7. The number of hydrogen-bond donors (Lipinski definition) is 1. The molecule has 0 aliphatic rings. The normalized spacial score (nSPS) is 13.1. The smallest absolute Gasteiger partial charge is 0.0803 e. The number of aryl methyl sites for hydroxylation is 1. The Balaban J connectivity index is 2.63.